The van der Waals surface area contributed by atoms with Crippen LogP contribution in [-0.2, 0) is 14.2 Å². The summed E-state index contributed by atoms with van der Waals surface area (Å²) < 4.78 is 18.1. The molecule has 0 aromatic carbocycles. The lowest BCUT2D eigenvalue weighted by molar-refractivity contribution is -0.164. The number of allylic oxidation sites excluding steroid dienone is 3. The second kappa shape index (κ2) is 4.79. The second-order valence-electron chi connectivity index (χ2n) is 9.63. The Labute approximate surface area is 150 Å². The molecule has 6 aliphatic rings. The topological polar surface area (TPSA) is 27.7 Å². The van der Waals surface area contributed by atoms with Crippen LogP contribution < -0.4 is 0 Å². The Bertz CT molecular complexity index is 681. The molecule has 5 aliphatic carbocycles. The van der Waals surface area contributed by atoms with Gasteiger partial charge in [-0.05, 0) is 67.4 Å². The maximum atomic E-state index is 6.12. The Morgan fingerprint density at radius 3 is 2.84 bits per heavy atom. The minimum absolute atomic E-state index is 0.205. The second-order valence-corrected chi connectivity index (χ2v) is 9.63. The molecule has 3 nitrogen and oxygen atoms in total. The van der Waals surface area contributed by atoms with Crippen LogP contribution >= 0.6 is 0 Å². The minimum atomic E-state index is -0.273. The Balaban J connectivity index is 1.35. The normalized spacial score (nSPS) is 49.4. The van der Waals surface area contributed by atoms with Crippen LogP contribution in [0.25, 0.3) is 0 Å². The molecule has 0 bridgehead atoms. The molecule has 0 N–H and O–H groups in total. The third-order valence-electron chi connectivity index (χ3n) is 8.95. The van der Waals surface area contributed by atoms with Crippen LogP contribution in [0.15, 0.2) is 22.8 Å². The molecule has 5 atom stereocenters. The van der Waals surface area contributed by atoms with E-state index in [1.165, 1.54) is 32.1 Å². The van der Waals surface area contributed by atoms with Gasteiger partial charge in [0, 0.05) is 25.4 Å². The minimum Gasteiger partial charge on any atom is -0.377 e. The molecule has 2 saturated carbocycles. The molecule has 0 aromatic rings. The fourth-order valence-corrected chi connectivity index (χ4v) is 7.64. The zero-order valence-electron chi connectivity index (χ0n) is 15.6. The molecule has 1 saturated heterocycles. The molecule has 0 amide bonds. The van der Waals surface area contributed by atoms with Crippen LogP contribution in [0.1, 0.15) is 58.3 Å². The van der Waals surface area contributed by atoms with Gasteiger partial charge < -0.3 is 14.2 Å². The van der Waals surface area contributed by atoms with Gasteiger partial charge in [0.15, 0.2) is 5.79 Å². The first-order valence-electron chi connectivity index (χ1n) is 10.4. The number of hydrogen-bond donors (Lipinski definition) is 0. The lowest BCUT2D eigenvalue weighted by Gasteiger charge is -2.50. The Hall–Kier alpha value is -0.640. The Morgan fingerprint density at radius 2 is 2.04 bits per heavy atom. The van der Waals surface area contributed by atoms with Gasteiger partial charge in [0.2, 0.25) is 0 Å². The van der Waals surface area contributed by atoms with Gasteiger partial charge in [0.25, 0.3) is 0 Å². The van der Waals surface area contributed by atoms with Gasteiger partial charge in [-0.1, -0.05) is 18.6 Å². The van der Waals surface area contributed by atoms with Gasteiger partial charge >= 0.3 is 0 Å². The van der Waals surface area contributed by atoms with E-state index in [4.69, 9.17) is 14.2 Å². The summed E-state index contributed by atoms with van der Waals surface area (Å²) in [6.07, 6.45) is 12.3. The van der Waals surface area contributed by atoms with Gasteiger partial charge in [0.1, 0.15) is 0 Å². The first-order valence-corrected chi connectivity index (χ1v) is 10.4. The van der Waals surface area contributed by atoms with Gasteiger partial charge in [0.05, 0.1) is 18.8 Å². The van der Waals surface area contributed by atoms with Gasteiger partial charge in [-0.15, -0.1) is 0 Å². The van der Waals surface area contributed by atoms with Crippen LogP contribution in [-0.4, -0.2) is 31.7 Å². The van der Waals surface area contributed by atoms with E-state index >= 15 is 0 Å². The fraction of sp³-hybridized carbons (Fsp3) is 0.818. The molecule has 1 unspecified atom stereocenters. The van der Waals surface area contributed by atoms with Crippen LogP contribution in [0.3, 0.4) is 0 Å². The standard InChI is InChI=1S/C22H30O3/c1-20-7-5-17-16-6-8-21(24-9-10-25-21)12-14(16)3-4-18(17)19(20)11-15-13-22(15,20)23-2/h5,15,18-19H,3-4,6-13H2,1-2H3/t15-,18+,19-,20-,22?/m0/s1. The van der Waals surface area contributed by atoms with Crippen molar-refractivity contribution in [1.29, 1.82) is 0 Å². The summed E-state index contributed by atoms with van der Waals surface area (Å²) in [6.45, 7) is 4.07. The lowest BCUT2D eigenvalue weighted by atomic mass is 9.56. The lowest BCUT2D eigenvalue weighted by Crippen LogP contribution is -2.45. The van der Waals surface area contributed by atoms with Gasteiger partial charge in [-0.25, -0.2) is 0 Å². The van der Waals surface area contributed by atoms with Crippen molar-refractivity contribution >= 4 is 0 Å². The molecule has 1 aliphatic heterocycles. The number of rotatable bonds is 1. The van der Waals surface area contributed by atoms with Crippen molar-refractivity contribution in [2.75, 3.05) is 20.3 Å². The molecule has 25 heavy (non-hydrogen) atoms. The maximum Gasteiger partial charge on any atom is 0.172 e. The van der Waals surface area contributed by atoms with Crippen molar-refractivity contribution in [2.45, 2.75) is 69.7 Å². The predicted octanol–water partition coefficient (Wildman–Crippen LogP) is 4.38. The van der Waals surface area contributed by atoms with Crippen LogP contribution in [0, 0.1) is 23.2 Å². The Kier molecular flexibility index (Phi) is 2.96. The smallest absolute Gasteiger partial charge is 0.172 e. The van der Waals surface area contributed by atoms with E-state index < -0.39 is 0 Å². The third-order valence-corrected chi connectivity index (χ3v) is 8.95. The van der Waals surface area contributed by atoms with E-state index in [1.807, 2.05) is 7.11 Å². The molecule has 0 radical (unpaired) electrons. The van der Waals surface area contributed by atoms with Crippen LogP contribution in [0.4, 0.5) is 0 Å². The number of methoxy groups -OCH3 is 1. The summed E-state index contributed by atoms with van der Waals surface area (Å²) in [5, 5.41) is 0. The molecular formula is C22H30O3. The summed E-state index contributed by atoms with van der Waals surface area (Å²) >= 11 is 0. The van der Waals surface area contributed by atoms with Crippen LogP contribution in [0.5, 0.6) is 0 Å². The highest BCUT2D eigenvalue weighted by atomic mass is 16.7. The average molecular weight is 342 g/mol. The summed E-state index contributed by atoms with van der Waals surface area (Å²) in [6, 6.07) is 0. The van der Waals surface area contributed by atoms with E-state index in [1.54, 1.807) is 16.7 Å². The zero-order chi connectivity index (χ0) is 16.9. The molecule has 1 heterocycles. The van der Waals surface area contributed by atoms with Gasteiger partial charge in [-0.3, -0.25) is 0 Å². The first-order chi connectivity index (χ1) is 12.1. The highest BCUT2D eigenvalue weighted by molar-refractivity contribution is 5.46. The quantitative estimate of drug-likeness (QED) is 0.708. The van der Waals surface area contributed by atoms with E-state index in [9.17, 15) is 0 Å². The SMILES string of the molecule is COC12C[C@@H]1C[C@H]1[C@@H]3CCC4=C(CCC5(C4)OCCO5)C3=CC[C@@]12C. The van der Waals surface area contributed by atoms with Crippen molar-refractivity contribution in [2.24, 2.45) is 23.2 Å². The summed E-state index contributed by atoms with van der Waals surface area (Å²) in [5.74, 6) is 2.15. The largest absolute Gasteiger partial charge is 0.377 e. The molecule has 3 heteroatoms. The molecule has 0 aromatic heterocycles. The van der Waals surface area contributed by atoms with Crippen molar-refractivity contribution in [3.63, 3.8) is 0 Å². The van der Waals surface area contributed by atoms with Crippen molar-refractivity contribution in [1.82, 2.24) is 0 Å². The summed E-state index contributed by atoms with van der Waals surface area (Å²) in [7, 11) is 1.95. The monoisotopic (exact) mass is 342 g/mol. The van der Waals surface area contributed by atoms with E-state index in [0.717, 1.165) is 50.2 Å². The molecule has 6 rings (SSSR count). The molecular weight excluding hydrogens is 312 g/mol. The van der Waals surface area contributed by atoms with Gasteiger partial charge in [-0.2, -0.15) is 0 Å². The summed E-state index contributed by atoms with van der Waals surface area (Å²) in [4.78, 5) is 0. The predicted molar refractivity (Wildman–Crippen MR) is 95.0 cm³/mol. The van der Waals surface area contributed by atoms with Crippen molar-refractivity contribution in [3.8, 4) is 0 Å². The first kappa shape index (κ1) is 15.4. The Morgan fingerprint density at radius 1 is 1.20 bits per heavy atom. The van der Waals surface area contributed by atoms with E-state index in [0.29, 0.717) is 5.41 Å². The third kappa shape index (κ3) is 1.78. The molecule has 3 fully saturated rings. The van der Waals surface area contributed by atoms with E-state index in [-0.39, 0.29) is 11.4 Å². The summed E-state index contributed by atoms with van der Waals surface area (Å²) in [5.41, 5.74) is 5.62. The number of fused-ring (bicyclic) bond motifs is 6. The average Bonchev–Trinajstić information content (AvgIpc) is 3.08. The maximum absolute atomic E-state index is 6.12. The highest BCUT2D eigenvalue weighted by Crippen LogP contribution is 2.74. The number of hydrogen-bond acceptors (Lipinski definition) is 3. The zero-order valence-corrected chi connectivity index (χ0v) is 15.6. The highest BCUT2D eigenvalue weighted by Gasteiger charge is 2.74. The fourth-order valence-electron chi connectivity index (χ4n) is 7.64. The van der Waals surface area contributed by atoms with Crippen molar-refractivity contribution in [3.05, 3.63) is 22.8 Å². The van der Waals surface area contributed by atoms with Crippen molar-refractivity contribution < 1.29 is 14.2 Å². The molecule has 136 valence electrons. The van der Waals surface area contributed by atoms with Crippen LogP contribution in [0.2, 0.25) is 0 Å². The molecule has 1 spiro atoms. The van der Waals surface area contributed by atoms with E-state index in [2.05, 4.69) is 13.0 Å². The number of ether oxygens (including phenoxy) is 3.